The number of hydrogen-bond acceptors (Lipinski definition) is 8. The number of aryl methyl sites for hydroxylation is 3. The summed E-state index contributed by atoms with van der Waals surface area (Å²) in [5, 5.41) is 36.0. The van der Waals surface area contributed by atoms with Crippen LogP contribution in [0.1, 0.15) is 100.0 Å². The third-order valence-corrected chi connectivity index (χ3v) is 8.66. The zero-order chi connectivity index (χ0) is 32.0. The molecule has 5 heterocycles. The molecular weight excluding hydrogens is 654 g/mol. The second kappa shape index (κ2) is 18.3. The fourth-order valence-electron chi connectivity index (χ4n) is 6.40. The van der Waals surface area contributed by atoms with Crippen molar-refractivity contribution in [1.29, 1.82) is 0 Å². The monoisotopic (exact) mass is 684 g/mol. The molecule has 14 heteroatoms. The molecule has 0 amide bonds. The number of rotatable bonds is 8. The molecule has 48 heavy (non-hydrogen) atoms. The van der Waals surface area contributed by atoms with Crippen molar-refractivity contribution in [2.24, 2.45) is 0 Å². The molecule has 3 aromatic heterocycles. The second-order valence-corrected chi connectivity index (χ2v) is 11.3. The van der Waals surface area contributed by atoms with Crippen LogP contribution in [0.3, 0.4) is 0 Å². The predicted molar refractivity (Wildman–Crippen MR) is 166 cm³/mol. The second-order valence-electron chi connectivity index (χ2n) is 11.3. The van der Waals surface area contributed by atoms with Gasteiger partial charge in [-0.3, -0.25) is 4.98 Å². The van der Waals surface area contributed by atoms with Gasteiger partial charge in [0.15, 0.2) is 0 Å². The van der Waals surface area contributed by atoms with E-state index in [0.29, 0.717) is 56.9 Å². The minimum Gasteiger partial charge on any atom is -0.657 e. The maximum atomic E-state index is 12.5. The summed E-state index contributed by atoms with van der Waals surface area (Å²) in [6, 6.07) is 3.60. The SMILES string of the molecule is C=Cc1c(C)c2[n-]c1cc1nc(cc3[n-]c(c(CC(=O)[O-])c4nc(c2C)[C@@H](CCC(=O)[O-])C4)c(C(=O)[O-])c3C)C(CC)=C1C.[Mg+2].[Na+].[Na+].[Na+]. The van der Waals surface area contributed by atoms with Gasteiger partial charge in [-0.2, -0.15) is 0 Å². The van der Waals surface area contributed by atoms with E-state index in [9.17, 15) is 29.7 Å². The third-order valence-electron chi connectivity index (χ3n) is 8.66. The first-order chi connectivity index (χ1) is 20.9. The minimum atomic E-state index is -1.50. The largest absolute Gasteiger partial charge is 2.00 e. The van der Waals surface area contributed by atoms with E-state index in [4.69, 9.17) is 15.0 Å². The number of carbonyl (C=O) groups is 3. The minimum absolute atomic E-state index is 0. The third kappa shape index (κ3) is 8.62. The number of aromatic nitrogens is 4. The summed E-state index contributed by atoms with van der Waals surface area (Å²) in [6.45, 7) is 13.3. The summed E-state index contributed by atoms with van der Waals surface area (Å²) in [5.41, 5.74) is 8.11. The average molecular weight is 685 g/mol. The van der Waals surface area contributed by atoms with Crippen LogP contribution in [0, 0.1) is 20.8 Å². The van der Waals surface area contributed by atoms with Gasteiger partial charge in [0.1, 0.15) is 0 Å². The summed E-state index contributed by atoms with van der Waals surface area (Å²) in [5.74, 6) is -4.59. The number of fused-ring (bicyclic) bond motifs is 8. The smallest absolute Gasteiger partial charge is 0.657 e. The van der Waals surface area contributed by atoms with Crippen LogP contribution in [-0.2, 0) is 22.4 Å². The van der Waals surface area contributed by atoms with Crippen LogP contribution < -0.4 is 114 Å². The van der Waals surface area contributed by atoms with Gasteiger partial charge in [-0.05, 0) is 86.8 Å². The van der Waals surface area contributed by atoms with E-state index in [2.05, 4.69) is 11.6 Å². The van der Waals surface area contributed by atoms with Crippen LogP contribution in [0.25, 0.3) is 39.3 Å². The molecule has 2 aliphatic rings. The molecule has 0 aromatic carbocycles. The summed E-state index contributed by atoms with van der Waals surface area (Å²) >= 11 is 0. The Morgan fingerprint density at radius 3 is 2.08 bits per heavy atom. The molecule has 1 atom stereocenters. The van der Waals surface area contributed by atoms with Crippen molar-refractivity contribution in [3.63, 3.8) is 0 Å². The van der Waals surface area contributed by atoms with Gasteiger partial charge < -0.3 is 39.7 Å². The van der Waals surface area contributed by atoms with Crippen molar-refractivity contribution < 1.29 is 118 Å². The molecule has 0 aliphatic carbocycles. The number of hydrogen-bond donors (Lipinski definition) is 0. The summed E-state index contributed by atoms with van der Waals surface area (Å²) in [4.78, 5) is 55.3. The molecule has 3 aromatic rings. The number of carboxylic acid groups (broad SMARTS) is 3. The quantitative estimate of drug-likeness (QED) is 0.208. The van der Waals surface area contributed by atoms with Gasteiger partial charge in [-0.25, -0.2) is 4.98 Å². The van der Waals surface area contributed by atoms with Crippen LogP contribution >= 0.6 is 0 Å². The molecule has 0 N–H and O–H groups in total. The number of aromatic carboxylic acids is 1. The Morgan fingerprint density at radius 1 is 0.896 bits per heavy atom. The van der Waals surface area contributed by atoms with Gasteiger partial charge in [0, 0.05) is 35.7 Å². The average Bonchev–Trinajstić information content (AvgIpc) is 3.68. The Kier molecular flexibility index (Phi) is 17.1. The van der Waals surface area contributed by atoms with Crippen molar-refractivity contribution in [3.05, 3.63) is 74.9 Å². The molecule has 0 spiro atoms. The van der Waals surface area contributed by atoms with Crippen LogP contribution in [-0.4, -0.2) is 50.9 Å². The Balaban J connectivity index is 0.00000288. The fraction of sp³-hybridized carbons (Fsp3) is 0.324. The van der Waals surface area contributed by atoms with E-state index < -0.39 is 30.2 Å². The summed E-state index contributed by atoms with van der Waals surface area (Å²) in [7, 11) is 0. The normalized spacial score (nSPS) is 13.4. The molecule has 228 valence electrons. The van der Waals surface area contributed by atoms with E-state index in [1.807, 2.05) is 33.8 Å². The van der Waals surface area contributed by atoms with Gasteiger partial charge in [-0.1, -0.05) is 42.8 Å². The van der Waals surface area contributed by atoms with Gasteiger partial charge in [0.05, 0.1) is 17.4 Å². The Labute approximate surface area is 361 Å². The topological polar surface area (TPSA) is 174 Å². The van der Waals surface area contributed by atoms with Crippen molar-refractivity contribution >= 4 is 80.2 Å². The van der Waals surface area contributed by atoms with Gasteiger partial charge in [-0.15, -0.1) is 22.1 Å². The van der Waals surface area contributed by atoms with E-state index in [0.717, 1.165) is 22.3 Å². The first-order valence-corrected chi connectivity index (χ1v) is 14.4. The molecule has 0 saturated carbocycles. The van der Waals surface area contributed by atoms with Gasteiger partial charge in [0.25, 0.3) is 0 Å². The van der Waals surface area contributed by atoms with Gasteiger partial charge in [0.2, 0.25) is 0 Å². The first-order valence-electron chi connectivity index (χ1n) is 14.4. The summed E-state index contributed by atoms with van der Waals surface area (Å²) < 4.78 is 0. The molecule has 0 fully saturated rings. The van der Waals surface area contributed by atoms with E-state index in [1.54, 1.807) is 19.1 Å². The van der Waals surface area contributed by atoms with E-state index in [-0.39, 0.29) is 148 Å². The number of aliphatic carboxylic acids is 2. The number of nitrogens with zero attached hydrogens (tertiary/aromatic N) is 4. The predicted octanol–water partition coefficient (Wildman–Crippen LogP) is -7.37. The molecule has 8 bridgehead atoms. The standard InChI is InChI=1S/C34H36N4O6.Mg.3Na/c1-7-20-15(3)23-13-27-21(8-2)16(4)31(37-27)18(6)32-19(9-10-28(39)40)11-25(38-32)22(12-29(41)42)33-30(34(43)44)17(5)24(36-33)14-26(20)35-23;;;;/h8,13-14,19H,2,7,9-12H2,1,3-6H3,(H5,35,36,37,38,39,40,41,42,43,44);;;;/q;+2;3*+1/p-5/t19-;;;;/m0..../s1. The van der Waals surface area contributed by atoms with Gasteiger partial charge >= 0.3 is 112 Å². The van der Waals surface area contributed by atoms with Crippen molar-refractivity contribution in [3.8, 4) is 0 Å². The zero-order valence-corrected chi connectivity index (χ0v) is 36.4. The molecule has 0 unspecified atom stereocenters. The maximum absolute atomic E-state index is 12.5. The van der Waals surface area contributed by atoms with Crippen molar-refractivity contribution in [2.45, 2.75) is 72.6 Å². The fourth-order valence-corrected chi connectivity index (χ4v) is 6.40. The first kappa shape index (κ1) is 44.8. The molecule has 0 saturated heterocycles. The van der Waals surface area contributed by atoms with Crippen molar-refractivity contribution in [1.82, 2.24) is 19.9 Å². The Hall–Kier alpha value is -1.22. The molecular formula is C34H31MgN4Na3O6. The maximum Gasteiger partial charge on any atom is 2.00 e. The number of allylic oxidation sites excluding steroid dienone is 2. The van der Waals surface area contributed by atoms with Crippen LogP contribution in [0.15, 0.2) is 18.7 Å². The molecule has 2 aliphatic heterocycles. The number of carbonyl (C=O) groups excluding carboxylic acids is 3. The van der Waals surface area contributed by atoms with Crippen molar-refractivity contribution in [2.75, 3.05) is 0 Å². The molecule has 5 rings (SSSR count). The molecule has 0 radical (unpaired) electrons. The van der Waals surface area contributed by atoms with Crippen LogP contribution in [0.5, 0.6) is 0 Å². The Morgan fingerprint density at radius 2 is 1.52 bits per heavy atom. The van der Waals surface area contributed by atoms with E-state index >= 15 is 0 Å². The molecule has 10 nitrogen and oxygen atoms in total. The van der Waals surface area contributed by atoms with Crippen LogP contribution in [0.2, 0.25) is 0 Å². The Bertz CT molecular complexity index is 1980. The van der Waals surface area contributed by atoms with E-state index in [1.165, 1.54) is 0 Å². The van der Waals surface area contributed by atoms with Crippen LogP contribution in [0.4, 0.5) is 0 Å². The number of carboxylic acids is 3. The zero-order valence-electron chi connectivity index (χ0n) is 29.0. The summed E-state index contributed by atoms with van der Waals surface area (Å²) in [6.07, 6.45) is 1.83.